The van der Waals surface area contributed by atoms with Crippen LogP contribution in [0.1, 0.15) is 77.5 Å². The zero-order chi connectivity index (χ0) is 41.5. The Kier molecular flexibility index (Phi) is 10.8. The first-order chi connectivity index (χ1) is 28.4. The molecule has 0 saturated carbocycles. The molecular formula is C43H42F4N8O4. The fraction of sp³-hybridized carbons (Fsp3) is 0.349. The van der Waals surface area contributed by atoms with Gasteiger partial charge in [-0.25, -0.2) is 17.6 Å². The number of rotatable bonds is 9. The summed E-state index contributed by atoms with van der Waals surface area (Å²) in [6.45, 7) is 1.46. The molecule has 12 nitrogen and oxygen atoms in total. The topological polar surface area (TPSA) is 137 Å². The van der Waals surface area contributed by atoms with Crippen molar-refractivity contribution in [1.82, 2.24) is 35.1 Å². The lowest BCUT2D eigenvalue weighted by Crippen LogP contribution is -2.39. The second kappa shape index (κ2) is 16.1. The Labute approximate surface area is 336 Å². The highest BCUT2D eigenvalue weighted by atomic mass is 19.2. The van der Waals surface area contributed by atoms with E-state index >= 15 is 17.6 Å². The number of hydrogen-bond acceptors (Lipinski definition) is 7. The summed E-state index contributed by atoms with van der Waals surface area (Å²) in [5, 5.41) is 10.1. The Bertz CT molecular complexity index is 2510. The fourth-order valence-electron chi connectivity index (χ4n) is 8.47. The van der Waals surface area contributed by atoms with E-state index in [0.29, 0.717) is 68.6 Å². The maximum atomic E-state index is 16.5. The molecule has 3 aromatic carbocycles. The minimum Gasteiger partial charge on any atom is -0.369 e. The zero-order valence-corrected chi connectivity index (χ0v) is 32.5. The third kappa shape index (κ3) is 7.70. The summed E-state index contributed by atoms with van der Waals surface area (Å²) in [6, 6.07) is 10.5. The van der Waals surface area contributed by atoms with E-state index in [-0.39, 0.29) is 76.1 Å². The Morgan fingerprint density at radius 3 is 2.41 bits per heavy atom. The number of fused-ring (bicyclic) bond motifs is 1. The smallest absolute Gasteiger partial charge is 0.269 e. The van der Waals surface area contributed by atoms with Crippen molar-refractivity contribution in [2.45, 2.75) is 56.9 Å². The molecule has 0 radical (unpaired) electrons. The summed E-state index contributed by atoms with van der Waals surface area (Å²) in [6.07, 6.45) is 7.01. The van der Waals surface area contributed by atoms with Gasteiger partial charge in [0.1, 0.15) is 11.5 Å². The number of imide groups is 1. The van der Waals surface area contributed by atoms with E-state index in [9.17, 15) is 19.2 Å². The molecule has 1 atom stereocenters. The first kappa shape index (κ1) is 39.5. The maximum Gasteiger partial charge on any atom is 0.269 e. The number of benzene rings is 3. The number of aryl methyl sites for hydroxylation is 1. The first-order valence-electron chi connectivity index (χ1n) is 19.6. The van der Waals surface area contributed by atoms with Gasteiger partial charge in [0.15, 0.2) is 17.5 Å². The molecule has 5 aromatic rings. The maximum absolute atomic E-state index is 16.5. The molecule has 0 aliphatic carbocycles. The summed E-state index contributed by atoms with van der Waals surface area (Å²) in [5.41, 5.74) is 1.63. The number of H-pyrrole nitrogens is 1. The van der Waals surface area contributed by atoms with Gasteiger partial charge in [-0.2, -0.15) is 0 Å². The molecule has 0 bridgehead atoms. The largest absolute Gasteiger partial charge is 0.369 e. The van der Waals surface area contributed by atoms with E-state index in [4.69, 9.17) is 0 Å². The van der Waals surface area contributed by atoms with Crippen molar-refractivity contribution >= 4 is 45.8 Å². The Balaban J connectivity index is 1.05. The SMILES string of the molecule is CN(C)C(=O)c1cc2c(-c3ccc(N4CCC(c5ccc(C6CCC(=O)NC6=O)cc5F)CC4)c(F)c3F)cc(C3=CCCN(C(=O)CCn4ccnn4)C3)c(F)c2[nH]1. The van der Waals surface area contributed by atoms with Crippen molar-refractivity contribution in [3.8, 4) is 11.1 Å². The first-order valence-corrected chi connectivity index (χ1v) is 19.6. The molecule has 16 heteroatoms. The molecule has 3 aliphatic rings. The van der Waals surface area contributed by atoms with Gasteiger partial charge in [-0.05, 0) is 84.2 Å². The number of aromatic nitrogens is 4. The molecule has 2 aromatic heterocycles. The van der Waals surface area contributed by atoms with Crippen molar-refractivity contribution in [1.29, 1.82) is 0 Å². The van der Waals surface area contributed by atoms with Gasteiger partial charge in [-0.1, -0.05) is 23.4 Å². The minimum atomic E-state index is -1.15. The van der Waals surface area contributed by atoms with Gasteiger partial charge in [0.25, 0.3) is 5.91 Å². The number of carbonyl (C=O) groups excluding carboxylic acids is 4. The summed E-state index contributed by atoms with van der Waals surface area (Å²) >= 11 is 0. The van der Waals surface area contributed by atoms with Crippen molar-refractivity contribution in [2.75, 3.05) is 45.2 Å². The normalized spacial score (nSPS) is 17.7. The number of halogens is 4. The van der Waals surface area contributed by atoms with Gasteiger partial charge in [0, 0.05) is 75.8 Å². The molecule has 2 fully saturated rings. The summed E-state index contributed by atoms with van der Waals surface area (Å²) in [5.74, 6) is -5.58. The highest BCUT2D eigenvalue weighted by Crippen LogP contribution is 2.41. The molecule has 59 heavy (non-hydrogen) atoms. The van der Waals surface area contributed by atoms with Gasteiger partial charge < -0.3 is 19.7 Å². The lowest BCUT2D eigenvalue weighted by atomic mass is 9.85. The van der Waals surface area contributed by atoms with Crippen LogP contribution in [0, 0.1) is 23.3 Å². The third-order valence-corrected chi connectivity index (χ3v) is 11.7. The molecule has 8 rings (SSSR count). The predicted molar refractivity (Wildman–Crippen MR) is 211 cm³/mol. The van der Waals surface area contributed by atoms with Crippen LogP contribution in [0.3, 0.4) is 0 Å². The monoisotopic (exact) mass is 810 g/mol. The standard InChI is InChI=1S/C43H42F4N8O4/c1-52(2)43(59)34-22-32-31(21-30(39(46)41(32)49-34)26-4-3-15-54(23-26)37(57)13-18-55-19-14-48-51-55)29-7-9-35(40(47)38(29)45)53-16-11-24(12-17-53)27-6-5-25(20-33(27)44)28-8-10-36(56)50-42(28)58/h4-7,9,14,19-22,24,28,49H,3,8,10-13,15-18,23H2,1-2H3,(H,50,56,58). The highest BCUT2D eigenvalue weighted by Gasteiger charge is 2.32. The predicted octanol–water partition coefficient (Wildman–Crippen LogP) is 6.29. The zero-order valence-electron chi connectivity index (χ0n) is 32.5. The summed E-state index contributed by atoms with van der Waals surface area (Å²) in [7, 11) is 3.09. The molecule has 2 N–H and O–H groups in total. The Hall–Kier alpha value is -6.32. The van der Waals surface area contributed by atoms with Crippen LogP contribution < -0.4 is 10.2 Å². The lowest BCUT2D eigenvalue weighted by molar-refractivity contribution is -0.134. The number of nitrogens with zero attached hydrogens (tertiary/aromatic N) is 6. The molecule has 2 saturated heterocycles. The van der Waals surface area contributed by atoms with E-state index in [1.807, 2.05) is 6.08 Å². The average molecular weight is 811 g/mol. The lowest BCUT2D eigenvalue weighted by Gasteiger charge is -2.34. The van der Waals surface area contributed by atoms with Gasteiger partial charge in [-0.15, -0.1) is 5.10 Å². The van der Waals surface area contributed by atoms with Crippen LogP contribution in [0.4, 0.5) is 23.2 Å². The summed E-state index contributed by atoms with van der Waals surface area (Å²) < 4.78 is 66.2. The number of piperidine rings is 2. The number of aromatic amines is 1. The number of carbonyl (C=O) groups is 4. The average Bonchev–Trinajstić information content (AvgIpc) is 3.93. The van der Waals surface area contributed by atoms with Gasteiger partial charge in [-0.3, -0.25) is 29.2 Å². The second-order valence-electron chi connectivity index (χ2n) is 15.5. The van der Waals surface area contributed by atoms with Crippen LogP contribution in [-0.2, 0) is 20.9 Å². The molecule has 0 spiro atoms. The van der Waals surface area contributed by atoms with E-state index in [1.54, 1.807) is 46.9 Å². The van der Waals surface area contributed by atoms with Gasteiger partial charge in [0.2, 0.25) is 17.7 Å². The van der Waals surface area contributed by atoms with Gasteiger partial charge >= 0.3 is 0 Å². The van der Waals surface area contributed by atoms with Crippen LogP contribution >= 0.6 is 0 Å². The number of hydrogen-bond donors (Lipinski definition) is 2. The van der Waals surface area contributed by atoms with Crippen LogP contribution in [0.5, 0.6) is 0 Å². The number of nitrogens with one attached hydrogen (secondary N) is 2. The van der Waals surface area contributed by atoms with Crippen LogP contribution in [-0.4, -0.2) is 93.7 Å². The van der Waals surface area contributed by atoms with E-state index < -0.39 is 41.0 Å². The molecule has 3 aliphatic heterocycles. The van der Waals surface area contributed by atoms with Crippen molar-refractivity contribution in [3.05, 3.63) is 107 Å². The molecule has 4 amide bonds. The van der Waals surface area contributed by atoms with Crippen LogP contribution in [0.15, 0.2) is 60.9 Å². The van der Waals surface area contributed by atoms with Crippen molar-refractivity contribution in [3.63, 3.8) is 0 Å². The van der Waals surface area contributed by atoms with Gasteiger partial charge in [0.05, 0.1) is 29.9 Å². The molecule has 5 heterocycles. The second-order valence-corrected chi connectivity index (χ2v) is 15.5. The third-order valence-electron chi connectivity index (χ3n) is 11.7. The Morgan fingerprint density at radius 1 is 0.898 bits per heavy atom. The van der Waals surface area contributed by atoms with Crippen LogP contribution in [0.25, 0.3) is 27.6 Å². The molecular weight excluding hydrogens is 769 g/mol. The van der Waals surface area contributed by atoms with E-state index in [1.165, 1.54) is 41.4 Å². The van der Waals surface area contributed by atoms with E-state index in [0.717, 1.165) is 0 Å². The number of amides is 4. The van der Waals surface area contributed by atoms with Crippen molar-refractivity contribution in [2.24, 2.45) is 0 Å². The minimum absolute atomic E-state index is 0.0320. The fourth-order valence-corrected chi connectivity index (χ4v) is 8.47. The molecule has 1 unspecified atom stereocenters. The van der Waals surface area contributed by atoms with Crippen LogP contribution in [0.2, 0.25) is 0 Å². The van der Waals surface area contributed by atoms with Crippen molar-refractivity contribution < 1.29 is 36.7 Å². The summed E-state index contributed by atoms with van der Waals surface area (Å²) in [4.78, 5) is 57.7. The Morgan fingerprint density at radius 2 is 1.69 bits per heavy atom. The highest BCUT2D eigenvalue weighted by molar-refractivity contribution is 6.05. The number of anilines is 1. The van der Waals surface area contributed by atoms with E-state index in [2.05, 4.69) is 20.6 Å². The quantitative estimate of drug-likeness (QED) is 0.132. The molecule has 306 valence electrons.